The van der Waals surface area contributed by atoms with Crippen LogP contribution >= 0.6 is 0 Å². The van der Waals surface area contributed by atoms with Crippen LogP contribution in [0.2, 0.25) is 0 Å². The predicted octanol–water partition coefficient (Wildman–Crippen LogP) is 19.0. The van der Waals surface area contributed by atoms with E-state index in [0.717, 1.165) is 89.9 Å². The summed E-state index contributed by atoms with van der Waals surface area (Å²) in [7, 11) is 0. The molecule has 0 radical (unpaired) electrons. The highest BCUT2D eigenvalue weighted by atomic mass is 16.6. The standard InChI is InChI=1S/C61H106O6/c1-4-7-10-13-16-19-22-25-27-29-30-31-32-34-36-39-42-45-48-51-54-60(63)66-57-58(56-65-59(62)53-50-47-44-41-38-35-24-21-18-15-12-9-6-3)67-61(64)55-52-49-46-43-40-37-33-28-26-23-20-17-14-11-8-5-2/h9,12,18,20-21,23,28,33,35,38,44,47,58H,4-8,10-11,13-17,19,22,24-27,29-32,34,36-37,39-43,45-46,48-57H2,1-3H3/b12-9-,21-18-,23-20-,33-28-,38-35-,47-44-. The van der Waals surface area contributed by atoms with Crippen molar-refractivity contribution in [2.75, 3.05) is 13.2 Å². The zero-order valence-electron chi connectivity index (χ0n) is 44.2. The normalized spacial score (nSPS) is 12.6. The van der Waals surface area contributed by atoms with Crippen LogP contribution in [0.1, 0.15) is 278 Å². The second kappa shape index (κ2) is 55.4. The number of rotatable bonds is 51. The van der Waals surface area contributed by atoms with Crippen LogP contribution in [-0.2, 0) is 28.6 Å². The molecule has 0 amide bonds. The van der Waals surface area contributed by atoms with Crippen molar-refractivity contribution in [1.29, 1.82) is 0 Å². The Morgan fingerprint density at radius 3 is 1.01 bits per heavy atom. The molecular weight excluding hydrogens is 829 g/mol. The molecule has 0 saturated carbocycles. The van der Waals surface area contributed by atoms with Gasteiger partial charge in [0, 0.05) is 19.3 Å². The molecule has 0 spiro atoms. The van der Waals surface area contributed by atoms with Crippen molar-refractivity contribution in [1.82, 2.24) is 0 Å². The van der Waals surface area contributed by atoms with Crippen LogP contribution in [0, 0.1) is 0 Å². The van der Waals surface area contributed by atoms with Gasteiger partial charge in [0.2, 0.25) is 0 Å². The first kappa shape index (κ1) is 63.8. The summed E-state index contributed by atoms with van der Waals surface area (Å²) in [4.78, 5) is 38.1. The van der Waals surface area contributed by atoms with Gasteiger partial charge in [-0.2, -0.15) is 0 Å². The lowest BCUT2D eigenvalue weighted by Gasteiger charge is -2.18. The van der Waals surface area contributed by atoms with E-state index in [1.165, 1.54) is 141 Å². The number of hydrogen-bond acceptors (Lipinski definition) is 6. The molecule has 0 heterocycles. The second-order valence-corrected chi connectivity index (χ2v) is 18.8. The van der Waals surface area contributed by atoms with Gasteiger partial charge >= 0.3 is 17.9 Å². The van der Waals surface area contributed by atoms with Gasteiger partial charge in [-0.15, -0.1) is 0 Å². The first-order valence-electron chi connectivity index (χ1n) is 28.4. The first-order valence-corrected chi connectivity index (χ1v) is 28.4. The van der Waals surface area contributed by atoms with Gasteiger partial charge in [0.1, 0.15) is 13.2 Å². The summed E-state index contributed by atoms with van der Waals surface area (Å²) >= 11 is 0. The number of hydrogen-bond donors (Lipinski definition) is 0. The van der Waals surface area contributed by atoms with E-state index < -0.39 is 6.10 Å². The van der Waals surface area contributed by atoms with E-state index in [2.05, 4.69) is 87.6 Å². The maximum absolute atomic E-state index is 12.8. The zero-order chi connectivity index (χ0) is 48.6. The average Bonchev–Trinajstić information content (AvgIpc) is 3.33. The lowest BCUT2D eigenvalue weighted by atomic mass is 10.0. The molecule has 0 fully saturated rings. The van der Waals surface area contributed by atoms with Crippen LogP contribution in [0.25, 0.3) is 0 Å². The fraction of sp³-hybridized carbons (Fsp3) is 0.754. The van der Waals surface area contributed by atoms with Gasteiger partial charge in [-0.1, -0.05) is 254 Å². The van der Waals surface area contributed by atoms with E-state index in [-0.39, 0.29) is 37.5 Å². The number of carbonyl (C=O) groups is 3. The minimum atomic E-state index is -0.810. The minimum Gasteiger partial charge on any atom is -0.462 e. The van der Waals surface area contributed by atoms with E-state index in [1.807, 2.05) is 6.08 Å². The van der Waals surface area contributed by atoms with Crippen molar-refractivity contribution in [3.63, 3.8) is 0 Å². The fourth-order valence-electron chi connectivity index (χ4n) is 7.96. The predicted molar refractivity (Wildman–Crippen MR) is 288 cm³/mol. The molecule has 6 nitrogen and oxygen atoms in total. The summed E-state index contributed by atoms with van der Waals surface area (Å²) in [6, 6.07) is 0. The molecule has 0 aliphatic rings. The van der Waals surface area contributed by atoms with Crippen LogP contribution in [-0.4, -0.2) is 37.2 Å². The summed E-state index contributed by atoms with van der Waals surface area (Å²) in [6.45, 7) is 6.45. The maximum Gasteiger partial charge on any atom is 0.306 e. The Kier molecular flexibility index (Phi) is 52.8. The van der Waals surface area contributed by atoms with Gasteiger partial charge in [0.25, 0.3) is 0 Å². The molecular formula is C61H106O6. The monoisotopic (exact) mass is 935 g/mol. The van der Waals surface area contributed by atoms with E-state index in [9.17, 15) is 14.4 Å². The van der Waals surface area contributed by atoms with Crippen LogP contribution < -0.4 is 0 Å². The minimum absolute atomic E-state index is 0.101. The van der Waals surface area contributed by atoms with Gasteiger partial charge < -0.3 is 14.2 Å². The van der Waals surface area contributed by atoms with Crippen molar-refractivity contribution >= 4 is 17.9 Å². The largest absolute Gasteiger partial charge is 0.462 e. The van der Waals surface area contributed by atoms with E-state index in [1.54, 1.807) is 0 Å². The van der Waals surface area contributed by atoms with Crippen LogP contribution in [0.4, 0.5) is 0 Å². The van der Waals surface area contributed by atoms with Crippen LogP contribution in [0.3, 0.4) is 0 Å². The summed E-state index contributed by atoms with van der Waals surface area (Å²) < 4.78 is 16.8. The Labute approximate surface area is 414 Å². The molecule has 0 aliphatic carbocycles. The molecule has 386 valence electrons. The Morgan fingerprint density at radius 2 is 0.612 bits per heavy atom. The lowest BCUT2D eigenvalue weighted by Crippen LogP contribution is -2.30. The fourth-order valence-corrected chi connectivity index (χ4v) is 7.96. The van der Waals surface area contributed by atoms with Crippen LogP contribution in [0.15, 0.2) is 72.9 Å². The maximum atomic E-state index is 12.8. The van der Waals surface area contributed by atoms with Crippen molar-refractivity contribution in [2.24, 2.45) is 0 Å². The van der Waals surface area contributed by atoms with Gasteiger partial charge in [-0.05, 0) is 77.0 Å². The third kappa shape index (κ3) is 53.7. The quantitative estimate of drug-likeness (QED) is 0.0262. The van der Waals surface area contributed by atoms with Crippen molar-refractivity contribution in [3.05, 3.63) is 72.9 Å². The molecule has 0 N–H and O–H groups in total. The smallest absolute Gasteiger partial charge is 0.306 e. The summed E-state index contributed by atoms with van der Waals surface area (Å²) in [5, 5.41) is 0. The third-order valence-electron chi connectivity index (χ3n) is 12.2. The van der Waals surface area contributed by atoms with E-state index in [4.69, 9.17) is 14.2 Å². The average molecular weight is 936 g/mol. The Hall–Kier alpha value is -3.15. The van der Waals surface area contributed by atoms with Crippen LogP contribution in [0.5, 0.6) is 0 Å². The molecule has 0 aliphatic heterocycles. The Morgan fingerprint density at radius 1 is 0.313 bits per heavy atom. The molecule has 0 rings (SSSR count). The highest BCUT2D eigenvalue weighted by Gasteiger charge is 2.19. The number of esters is 3. The third-order valence-corrected chi connectivity index (χ3v) is 12.2. The summed E-state index contributed by atoms with van der Waals surface area (Å²) in [6.07, 6.45) is 70.5. The van der Waals surface area contributed by atoms with Crippen molar-refractivity contribution < 1.29 is 28.6 Å². The molecule has 0 bridgehead atoms. The molecule has 67 heavy (non-hydrogen) atoms. The van der Waals surface area contributed by atoms with Gasteiger partial charge in [-0.3, -0.25) is 14.4 Å². The SMILES string of the molecule is CC/C=C\C/C=C\C/C=C\C/C=C\CCC(=O)OCC(COC(=O)CCCCCCCCCCCCCCCCCCCCCC)OC(=O)CCCCCCC/C=C\C/C=C\CCCCCC. The topological polar surface area (TPSA) is 78.9 Å². The lowest BCUT2D eigenvalue weighted by molar-refractivity contribution is -0.166. The number of unbranched alkanes of at least 4 members (excludes halogenated alkanes) is 28. The molecule has 6 heteroatoms. The molecule has 0 aromatic heterocycles. The highest BCUT2D eigenvalue weighted by Crippen LogP contribution is 2.16. The molecule has 0 aromatic carbocycles. The Bertz CT molecular complexity index is 1260. The van der Waals surface area contributed by atoms with Crippen molar-refractivity contribution in [2.45, 2.75) is 284 Å². The molecule has 0 saturated heterocycles. The van der Waals surface area contributed by atoms with Gasteiger partial charge in [0.15, 0.2) is 6.10 Å². The van der Waals surface area contributed by atoms with Crippen molar-refractivity contribution in [3.8, 4) is 0 Å². The number of carbonyl (C=O) groups excluding carboxylic acids is 3. The Balaban J connectivity index is 4.40. The molecule has 1 unspecified atom stereocenters. The summed E-state index contributed by atoms with van der Waals surface area (Å²) in [5.41, 5.74) is 0. The van der Waals surface area contributed by atoms with E-state index >= 15 is 0 Å². The number of ether oxygens (including phenoxy) is 3. The van der Waals surface area contributed by atoms with Gasteiger partial charge in [-0.25, -0.2) is 0 Å². The second-order valence-electron chi connectivity index (χ2n) is 18.8. The summed E-state index contributed by atoms with van der Waals surface area (Å²) in [5.74, 6) is -0.992. The van der Waals surface area contributed by atoms with E-state index in [0.29, 0.717) is 19.3 Å². The molecule has 0 aromatic rings. The zero-order valence-corrected chi connectivity index (χ0v) is 44.2. The van der Waals surface area contributed by atoms with Gasteiger partial charge in [0.05, 0.1) is 0 Å². The molecule has 1 atom stereocenters. The number of allylic oxidation sites excluding steroid dienone is 12. The first-order chi connectivity index (χ1) is 33.0. The highest BCUT2D eigenvalue weighted by molar-refractivity contribution is 5.71.